The van der Waals surface area contributed by atoms with Crippen molar-refractivity contribution in [2.45, 2.75) is 19.9 Å². The molecule has 3 N–H and O–H groups in total. The Bertz CT molecular complexity index is 570. The number of phenols is 1. The number of nitro groups is 1. The van der Waals surface area contributed by atoms with Crippen LogP contribution in [0.2, 0.25) is 0 Å². The van der Waals surface area contributed by atoms with Gasteiger partial charge in [-0.3, -0.25) is 14.9 Å². The molecular weight excluding hydrogens is 280 g/mol. The highest BCUT2D eigenvalue weighted by atomic mass is 16.6. The van der Waals surface area contributed by atoms with Crippen LogP contribution in [0.25, 0.3) is 0 Å². The number of benzene rings is 1. The number of rotatable bonds is 5. The van der Waals surface area contributed by atoms with Gasteiger partial charge < -0.3 is 20.3 Å². The number of carbonyl (C=O) groups is 1. The molecule has 0 amide bonds. The Morgan fingerprint density at radius 1 is 1.43 bits per heavy atom. The minimum Gasteiger partial charge on any atom is -0.504 e. The first kappa shape index (κ1) is 16.7. The van der Waals surface area contributed by atoms with Crippen molar-refractivity contribution >= 4 is 11.7 Å². The summed E-state index contributed by atoms with van der Waals surface area (Å²) in [5.41, 5.74) is 4.56. The zero-order valence-corrected chi connectivity index (χ0v) is 12.2. The molecule has 0 bridgehead atoms. The van der Waals surface area contributed by atoms with E-state index in [-0.39, 0.29) is 22.7 Å². The first-order valence-electron chi connectivity index (χ1n) is 6.06. The molecule has 8 heteroatoms. The number of nitrogens with zero attached hydrogens (tertiary/aromatic N) is 1. The van der Waals surface area contributed by atoms with Gasteiger partial charge in [0.2, 0.25) is 0 Å². The minimum absolute atomic E-state index is 0.0384. The van der Waals surface area contributed by atoms with Crippen LogP contribution in [0.1, 0.15) is 25.5 Å². The van der Waals surface area contributed by atoms with Gasteiger partial charge in [0.05, 0.1) is 30.6 Å². The Morgan fingerprint density at radius 3 is 2.43 bits per heavy atom. The third-order valence-electron chi connectivity index (χ3n) is 3.34. The van der Waals surface area contributed by atoms with Crippen LogP contribution in [0, 0.1) is 15.5 Å². The zero-order chi connectivity index (χ0) is 16.4. The quantitative estimate of drug-likeness (QED) is 0.479. The minimum atomic E-state index is -1.19. The molecule has 1 atom stereocenters. The fourth-order valence-corrected chi connectivity index (χ4v) is 1.89. The summed E-state index contributed by atoms with van der Waals surface area (Å²) < 4.78 is 9.57. The molecular formula is C13H18N2O6. The second-order valence-electron chi connectivity index (χ2n) is 5.03. The maximum Gasteiger partial charge on any atom is 0.313 e. The summed E-state index contributed by atoms with van der Waals surface area (Å²) in [5.74, 6) is -1.03. The number of hydrogen-bond donors (Lipinski definition) is 2. The van der Waals surface area contributed by atoms with Crippen LogP contribution >= 0.6 is 0 Å². The zero-order valence-electron chi connectivity index (χ0n) is 12.2. The first-order chi connectivity index (χ1) is 9.66. The molecule has 0 aliphatic heterocycles. The average molecular weight is 298 g/mol. The van der Waals surface area contributed by atoms with Gasteiger partial charge in [0.25, 0.3) is 5.69 Å². The van der Waals surface area contributed by atoms with Gasteiger partial charge >= 0.3 is 5.97 Å². The first-order valence-corrected chi connectivity index (χ1v) is 6.06. The number of methoxy groups -OCH3 is 2. The molecule has 0 unspecified atom stereocenters. The maximum atomic E-state index is 11.8. The van der Waals surface area contributed by atoms with Crippen molar-refractivity contribution in [2.24, 2.45) is 11.1 Å². The van der Waals surface area contributed by atoms with Gasteiger partial charge in [-0.05, 0) is 13.8 Å². The number of carbonyl (C=O) groups excluding carboxylic acids is 1. The summed E-state index contributed by atoms with van der Waals surface area (Å²) in [4.78, 5) is 22.1. The molecule has 0 aromatic heterocycles. The van der Waals surface area contributed by atoms with Crippen LogP contribution in [0.4, 0.5) is 5.69 Å². The van der Waals surface area contributed by atoms with Gasteiger partial charge in [-0.1, -0.05) is 0 Å². The summed E-state index contributed by atoms with van der Waals surface area (Å²) >= 11 is 0. The van der Waals surface area contributed by atoms with E-state index in [1.165, 1.54) is 28.1 Å². The number of esters is 1. The Kier molecular flexibility index (Phi) is 4.74. The molecule has 0 saturated heterocycles. The average Bonchev–Trinajstić information content (AvgIpc) is 2.45. The van der Waals surface area contributed by atoms with Crippen molar-refractivity contribution in [3.8, 4) is 11.5 Å². The summed E-state index contributed by atoms with van der Waals surface area (Å²) in [5, 5.41) is 21.0. The van der Waals surface area contributed by atoms with E-state index in [4.69, 9.17) is 10.5 Å². The molecule has 21 heavy (non-hydrogen) atoms. The molecule has 0 saturated carbocycles. The standard InChI is InChI=1S/C13H18N2O6/c1-13(2,12(17)21-4)11(14)8-5-7(15(18)19)6-9(20-3)10(8)16/h5-6,11,16H,14H2,1-4H3/t11-/m0/s1. The second-order valence-corrected chi connectivity index (χ2v) is 5.03. The van der Waals surface area contributed by atoms with Crippen molar-refractivity contribution in [2.75, 3.05) is 14.2 Å². The molecule has 0 radical (unpaired) electrons. The van der Waals surface area contributed by atoms with E-state index in [9.17, 15) is 20.0 Å². The van der Waals surface area contributed by atoms with E-state index in [2.05, 4.69) is 4.74 Å². The van der Waals surface area contributed by atoms with Crippen LogP contribution in [0.5, 0.6) is 11.5 Å². The van der Waals surface area contributed by atoms with E-state index in [0.717, 1.165) is 12.1 Å². The third-order valence-corrected chi connectivity index (χ3v) is 3.34. The van der Waals surface area contributed by atoms with E-state index in [0.29, 0.717) is 0 Å². The Balaban J connectivity index is 3.44. The molecule has 0 fully saturated rings. The largest absolute Gasteiger partial charge is 0.504 e. The normalized spacial score (nSPS) is 12.6. The molecule has 0 heterocycles. The van der Waals surface area contributed by atoms with Crippen molar-refractivity contribution in [1.29, 1.82) is 0 Å². The Labute approximate surface area is 121 Å². The van der Waals surface area contributed by atoms with Gasteiger partial charge in [-0.2, -0.15) is 0 Å². The fourth-order valence-electron chi connectivity index (χ4n) is 1.89. The molecule has 1 aromatic carbocycles. The van der Waals surface area contributed by atoms with E-state index in [1.807, 2.05) is 0 Å². The number of non-ortho nitro benzene ring substituents is 1. The van der Waals surface area contributed by atoms with Crippen molar-refractivity contribution < 1.29 is 24.3 Å². The summed E-state index contributed by atoms with van der Waals surface area (Å²) in [7, 11) is 2.48. The smallest absolute Gasteiger partial charge is 0.313 e. The van der Waals surface area contributed by atoms with E-state index < -0.39 is 22.3 Å². The third kappa shape index (κ3) is 3.05. The summed E-state index contributed by atoms with van der Waals surface area (Å²) in [6.45, 7) is 3.04. The monoisotopic (exact) mass is 298 g/mol. The highest BCUT2D eigenvalue weighted by molar-refractivity contribution is 5.77. The second kappa shape index (κ2) is 5.96. The Hall–Kier alpha value is -2.35. The van der Waals surface area contributed by atoms with Crippen molar-refractivity contribution in [1.82, 2.24) is 0 Å². The lowest BCUT2D eigenvalue weighted by molar-refractivity contribution is -0.385. The van der Waals surface area contributed by atoms with Gasteiger partial charge in [0.15, 0.2) is 11.5 Å². The fraction of sp³-hybridized carbons (Fsp3) is 0.462. The number of phenolic OH excluding ortho intramolecular Hbond substituents is 1. The number of nitro benzene ring substituents is 1. The van der Waals surface area contributed by atoms with Gasteiger partial charge in [-0.25, -0.2) is 0 Å². The van der Waals surface area contributed by atoms with Gasteiger partial charge in [-0.15, -0.1) is 0 Å². The predicted octanol–water partition coefficient (Wildman–Crippen LogP) is 1.51. The van der Waals surface area contributed by atoms with Gasteiger partial charge in [0, 0.05) is 17.7 Å². The van der Waals surface area contributed by atoms with Crippen molar-refractivity contribution in [3.05, 3.63) is 27.8 Å². The summed E-state index contributed by atoms with van der Waals surface area (Å²) in [6.07, 6.45) is 0. The van der Waals surface area contributed by atoms with Crippen LogP contribution in [-0.4, -0.2) is 30.2 Å². The number of ether oxygens (including phenoxy) is 2. The lowest BCUT2D eigenvalue weighted by atomic mass is 9.80. The van der Waals surface area contributed by atoms with Gasteiger partial charge in [0.1, 0.15) is 0 Å². The molecule has 1 rings (SSSR count). The van der Waals surface area contributed by atoms with Crippen LogP contribution in [-0.2, 0) is 9.53 Å². The SMILES string of the molecule is COC(=O)C(C)(C)[C@@H](N)c1cc([N+](=O)[O-])cc(OC)c1O. The number of hydrogen-bond acceptors (Lipinski definition) is 7. The highest BCUT2D eigenvalue weighted by Crippen LogP contribution is 2.42. The molecule has 0 aliphatic rings. The number of aromatic hydroxyl groups is 1. The molecule has 0 spiro atoms. The van der Waals surface area contributed by atoms with E-state index in [1.54, 1.807) is 0 Å². The van der Waals surface area contributed by atoms with Crippen LogP contribution < -0.4 is 10.5 Å². The molecule has 116 valence electrons. The summed E-state index contributed by atoms with van der Waals surface area (Å²) in [6, 6.07) is 1.18. The lowest BCUT2D eigenvalue weighted by Gasteiger charge is -2.29. The molecule has 0 aliphatic carbocycles. The lowest BCUT2D eigenvalue weighted by Crippen LogP contribution is -2.37. The molecule has 8 nitrogen and oxygen atoms in total. The number of nitrogens with two attached hydrogens (primary N) is 1. The predicted molar refractivity (Wildman–Crippen MR) is 74.0 cm³/mol. The molecule has 1 aromatic rings. The topological polar surface area (TPSA) is 125 Å². The highest BCUT2D eigenvalue weighted by Gasteiger charge is 2.39. The maximum absolute atomic E-state index is 11.8. The van der Waals surface area contributed by atoms with E-state index >= 15 is 0 Å². The van der Waals surface area contributed by atoms with Crippen LogP contribution in [0.15, 0.2) is 12.1 Å². The van der Waals surface area contributed by atoms with Crippen LogP contribution in [0.3, 0.4) is 0 Å². The Morgan fingerprint density at radius 2 is 2.00 bits per heavy atom. The van der Waals surface area contributed by atoms with Crippen molar-refractivity contribution in [3.63, 3.8) is 0 Å².